The number of rotatable bonds is 0. The second-order valence-electron chi connectivity index (χ2n) is 4.65. The lowest BCUT2D eigenvalue weighted by Gasteiger charge is -2.33. The molecule has 1 aliphatic rings. The van der Waals surface area contributed by atoms with E-state index in [1.54, 1.807) is 10.9 Å². The lowest BCUT2D eigenvalue weighted by atomic mass is 9.78. The minimum absolute atomic E-state index is 0.271. The van der Waals surface area contributed by atoms with Gasteiger partial charge in [-0.2, -0.15) is 4.73 Å². The molecule has 0 spiro atoms. The summed E-state index contributed by atoms with van der Waals surface area (Å²) in [6.45, 7) is 7.55. The summed E-state index contributed by atoms with van der Waals surface area (Å²) < 4.78 is 1.80. The highest BCUT2D eigenvalue weighted by molar-refractivity contribution is 5.05. The van der Waals surface area contributed by atoms with Crippen molar-refractivity contribution in [2.75, 3.05) is 6.61 Å². The molecule has 2 heterocycles. The second-order valence-corrected chi connectivity index (χ2v) is 4.65. The van der Waals surface area contributed by atoms with Crippen LogP contribution in [0.25, 0.3) is 0 Å². The molecule has 0 saturated carbocycles. The quantitative estimate of drug-likeness (QED) is 0.609. The summed E-state index contributed by atoms with van der Waals surface area (Å²) in [5, 5.41) is 0. The first-order valence-corrected chi connectivity index (χ1v) is 4.75. The zero-order valence-electron chi connectivity index (χ0n) is 8.45. The molecule has 0 radical (unpaired) electrons. The molecule has 0 aliphatic carbocycles. The van der Waals surface area contributed by atoms with E-state index >= 15 is 0 Å². The van der Waals surface area contributed by atoms with Gasteiger partial charge in [-0.15, -0.1) is 0 Å². The maximum atomic E-state index is 5.44. The van der Waals surface area contributed by atoms with E-state index in [2.05, 4.69) is 25.8 Å². The molecule has 13 heavy (non-hydrogen) atoms. The van der Waals surface area contributed by atoms with Crippen LogP contribution in [-0.2, 0) is 0 Å². The Kier molecular flexibility index (Phi) is 1.82. The monoisotopic (exact) mass is 180 g/mol. The number of hydrogen-bond acceptors (Lipinski definition) is 2. The fourth-order valence-electron chi connectivity index (χ4n) is 1.87. The van der Waals surface area contributed by atoms with E-state index in [1.165, 1.54) is 0 Å². The van der Waals surface area contributed by atoms with Crippen LogP contribution in [0.2, 0.25) is 0 Å². The van der Waals surface area contributed by atoms with Gasteiger partial charge in [0.2, 0.25) is 0 Å². The number of fused-ring (bicyclic) bond motifs is 1. The van der Waals surface area contributed by atoms with Crippen LogP contribution in [0.3, 0.4) is 0 Å². The molecule has 3 nitrogen and oxygen atoms in total. The first kappa shape index (κ1) is 8.60. The van der Waals surface area contributed by atoms with E-state index < -0.39 is 0 Å². The summed E-state index contributed by atoms with van der Waals surface area (Å²) in [6, 6.07) is 0. The van der Waals surface area contributed by atoms with Crippen molar-refractivity contribution in [3.8, 4) is 0 Å². The molecular weight excluding hydrogens is 164 g/mol. The highest BCUT2D eigenvalue weighted by Gasteiger charge is 2.32. The molecule has 1 aliphatic heterocycles. The predicted molar refractivity (Wildman–Crippen MR) is 50.5 cm³/mol. The van der Waals surface area contributed by atoms with Crippen LogP contribution in [0.1, 0.15) is 38.9 Å². The Hall–Kier alpha value is -0.990. The van der Waals surface area contributed by atoms with E-state index in [4.69, 9.17) is 4.84 Å². The SMILES string of the molecule is CC(C)(C)C1CCOn2ccnc21. The van der Waals surface area contributed by atoms with Gasteiger partial charge in [0.25, 0.3) is 0 Å². The van der Waals surface area contributed by atoms with Gasteiger partial charge in [0.1, 0.15) is 12.4 Å². The molecule has 0 amide bonds. The molecular formula is C10H16N2O. The Balaban J connectivity index is 2.35. The van der Waals surface area contributed by atoms with Gasteiger partial charge in [-0.05, 0) is 11.8 Å². The van der Waals surface area contributed by atoms with Gasteiger partial charge in [-0.25, -0.2) is 4.98 Å². The van der Waals surface area contributed by atoms with Gasteiger partial charge in [0.15, 0.2) is 0 Å². The third-order valence-electron chi connectivity index (χ3n) is 2.63. The molecule has 1 atom stereocenters. The fraction of sp³-hybridized carbons (Fsp3) is 0.700. The highest BCUT2D eigenvalue weighted by atomic mass is 16.7. The van der Waals surface area contributed by atoms with Crippen LogP contribution in [0.4, 0.5) is 0 Å². The van der Waals surface area contributed by atoms with Crippen LogP contribution in [0.15, 0.2) is 12.4 Å². The third kappa shape index (κ3) is 1.43. The normalized spacial score (nSPS) is 22.2. The number of imidazole rings is 1. The maximum absolute atomic E-state index is 5.44. The van der Waals surface area contributed by atoms with Crippen molar-refractivity contribution in [1.29, 1.82) is 0 Å². The molecule has 0 fully saturated rings. The Morgan fingerprint density at radius 1 is 1.54 bits per heavy atom. The Labute approximate surface area is 78.7 Å². The van der Waals surface area contributed by atoms with Crippen molar-refractivity contribution >= 4 is 0 Å². The van der Waals surface area contributed by atoms with Crippen molar-refractivity contribution in [1.82, 2.24) is 9.71 Å². The van der Waals surface area contributed by atoms with Gasteiger partial charge in [0.05, 0.1) is 6.20 Å². The summed E-state index contributed by atoms with van der Waals surface area (Å²) in [5.41, 5.74) is 0.271. The van der Waals surface area contributed by atoms with Gasteiger partial charge in [-0.1, -0.05) is 20.8 Å². The Bertz CT molecular complexity index is 298. The lowest BCUT2D eigenvalue weighted by molar-refractivity contribution is 0.0475. The molecule has 1 aromatic rings. The van der Waals surface area contributed by atoms with Crippen molar-refractivity contribution in [3.63, 3.8) is 0 Å². The maximum Gasteiger partial charge on any atom is 0.148 e. The molecule has 0 bridgehead atoms. The van der Waals surface area contributed by atoms with Crippen LogP contribution >= 0.6 is 0 Å². The average molecular weight is 180 g/mol. The zero-order valence-corrected chi connectivity index (χ0v) is 8.45. The van der Waals surface area contributed by atoms with Crippen LogP contribution < -0.4 is 4.84 Å². The first-order valence-electron chi connectivity index (χ1n) is 4.75. The van der Waals surface area contributed by atoms with E-state index in [1.807, 2.05) is 6.20 Å². The lowest BCUT2D eigenvalue weighted by Crippen LogP contribution is -2.31. The topological polar surface area (TPSA) is 27.1 Å². The van der Waals surface area contributed by atoms with Crippen molar-refractivity contribution in [2.45, 2.75) is 33.1 Å². The average Bonchev–Trinajstić information content (AvgIpc) is 2.48. The van der Waals surface area contributed by atoms with Crippen molar-refractivity contribution in [3.05, 3.63) is 18.2 Å². The molecule has 1 aromatic heterocycles. The van der Waals surface area contributed by atoms with Crippen molar-refractivity contribution in [2.24, 2.45) is 5.41 Å². The first-order chi connectivity index (χ1) is 6.09. The summed E-state index contributed by atoms with van der Waals surface area (Å²) in [6.07, 6.45) is 4.76. The highest BCUT2D eigenvalue weighted by Crippen LogP contribution is 2.37. The smallest absolute Gasteiger partial charge is 0.148 e. The molecule has 0 aromatic carbocycles. The van der Waals surface area contributed by atoms with E-state index in [0.29, 0.717) is 5.92 Å². The summed E-state index contributed by atoms with van der Waals surface area (Å²) in [5.74, 6) is 1.58. The van der Waals surface area contributed by atoms with E-state index in [9.17, 15) is 0 Å². The van der Waals surface area contributed by atoms with Crippen LogP contribution in [0, 0.1) is 5.41 Å². The van der Waals surface area contributed by atoms with Crippen molar-refractivity contribution < 1.29 is 4.84 Å². The Morgan fingerprint density at radius 2 is 2.31 bits per heavy atom. The van der Waals surface area contributed by atoms with Gasteiger partial charge in [-0.3, -0.25) is 0 Å². The largest absolute Gasteiger partial charge is 0.413 e. The number of hydrogen-bond donors (Lipinski definition) is 0. The van der Waals surface area contributed by atoms with E-state index in [0.717, 1.165) is 18.9 Å². The Morgan fingerprint density at radius 3 is 3.00 bits per heavy atom. The summed E-state index contributed by atoms with van der Waals surface area (Å²) in [4.78, 5) is 9.79. The fourth-order valence-corrected chi connectivity index (χ4v) is 1.87. The minimum atomic E-state index is 0.271. The number of aromatic nitrogens is 2. The van der Waals surface area contributed by atoms with Crippen LogP contribution in [-0.4, -0.2) is 16.3 Å². The minimum Gasteiger partial charge on any atom is -0.413 e. The van der Waals surface area contributed by atoms with Gasteiger partial charge < -0.3 is 4.84 Å². The molecule has 2 rings (SSSR count). The molecule has 0 saturated heterocycles. The summed E-state index contributed by atoms with van der Waals surface area (Å²) >= 11 is 0. The summed E-state index contributed by atoms with van der Waals surface area (Å²) in [7, 11) is 0. The van der Waals surface area contributed by atoms with Crippen LogP contribution in [0.5, 0.6) is 0 Å². The second kappa shape index (κ2) is 2.76. The molecule has 0 N–H and O–H groups in total. The van der Waals surface area contributed by atoms with Gasteiger partial charge in [0, 0.05) is 12.1 Å². The molecule has 1 unspecified atom stereocenters. The van der Waals surface area contributed by atoms with E-state index in [-0.39, 0.29) is 5.41 Å². The number of nitrogens with zero attached hydrogens (tertiary/aromatic N) is 2. The standard InChI is InChI=1S/C10H16N2O/c1-10(2,3)8-4-7-13-12-6-5-11-9(8)12/h5-6,8H,4,7H2,1-3H3. The molecule has 3 heteroatoms. The predicted octanol–water partition coefficient (Wildman–Crippen LogP) is 1.85. The zero-order chi connectivity index (χ0) is 9.47. The third-order valence-corrected chi connectivity index (χ3v) is 2.63. The molecule has 72 valence electrons. The van der Waals surface area contributed by atoms with Gasteiger partial charge >= 0.3 is 0 Å².